The third-order valence-electron chi connectivity index (χ3n) is 4.66. The second-order valence-corrected chi connectivity index (χ2v) is 6.05. The Morgan fingerprint density at radius 2 is 1.53 bits per heavy atom. The zero-order valence-electron chi connectivity index (χ0n) is 11.8. The summed E-state index contributed by atoms with van der Waals surface area (Å²) in [5.74, 6) is 0.377. The Balaban J connectivity index is 1.52. The molecule has 5 heteroatoms. The highest BCUT2D eigenvalue weighted by Gasteiger charge is 2.41. The molecule has 3 heterocycles. The summed E-state index contributed by atoms with van der Waals surface area (Å²) in [6.45, 7) is 6.98. The molecule has 0 atom stereocenters. The first-order valence-corrected chi connectivity index (χ1v) is 7.50. The van der Waals surface area contributed by atoms with Gasteiger partial charge in [0.2, 0.25) is 0 Å². The van der Waals surface area contributed by atoms with Gasteiger partial charge in [0.15, 0.2) is 5.79 Å². The van der Waals surface area contributed by atoms with Gasteiger partial charge in [0.25, 0.3) is 0 Å². The Hall–Kier alpha value is -0.810. The van der Waals surface area contributed by atoms with Crippen LogP contribution in [-0.2, 0) is 9.47 Å². The molecule has 108 valence electrons. The van der Waals surface area contributed by atoms with Crippen molar-refractivity contribution >= 4 is 6.03 Å². The fraction of sp³-hybridized carbons (Fsp3) is 0.929. The summed E-state index contributed by atoms with van der Waals surface area (Å²) in [5.41, 5.74) is 0. The number of nitrogens with zero attached hydrogens (tertiary/aromatic N) is 2. The highest BCUT2D eigenvalue weighted by molar-refractivity contribution is 5.74. The van der Waals surface area contributed by atoms with E-state index in [1.165, 1.54) is 0 Å². The van der Waals surface area contributed by atoms with Crippen molar-refractivity contribution in [3.8, 4) is 0 Å². The number of carbonyl (C=O) groups excluding carboxylic acids is 1. The van der Waals surface area contributed by atoms with Crippen LogP contribution in [0.1, 0.15) is 32.6 Å². The van der Waals surface area contributed by atoms with E-state index in [0.717, 1.165) is 57.8 Å². The Labute approximate surface area is 114 Å². The van der Waals surface area contributed by atoms with Crippen molar-refractivity contribution in [3.05, 3.63) is 0 Å². The largest absolute Gasteiger partial charge is 0.347 e. The molecule has 0 saturated carbocycles. The number of ether oxygens (including phenoxy) is 2. The van der Waals surface area contributed by atoms with Crippen molar-refractivity contribution < 1.29 is 14.3 Å². The molecule has 0 radical (unpaired) electrons. The maximum absolute atomic E-state index is 12.4. The quantitative estimate of drug-likeness (QED) is 0.671. The summed E-state index contributed by atoms with van der Waals surface area (Å²) in [5, 5.41) is 0. The molecule has 1 spiro atoms. The van der Waals surface area contributed by atoms with Gasteiger partial charge in [0.05, 0.1) is 13.2 Å². The van der Waals surface area contributed by atoms with E-state index in [0.29, 0.717) is 13.2 Å². The van der Waals surface area contributed by atoms with Crippen LogP contribution in [0, 0.1) is 5.92 Å². The molecule has 0 unspecified atom stereocenters. The van der Waals surface area contributed by atoms with E-state index in [1.807, 2.05) is 9.80 Å². The minimum absolute atomic E-state index is 0.208. The van der Waals surface area contributed by atoms with Crippen molar-refractivity contribution in [2.45, 2.75) is 38.4 Å². The Kier molecular flexibility index (Phi) is 3.67. The molecule has 3 saturated heterocycles. The van der Waals surface area contributed by atoms with Crippen LogP contribution in [0.15, 0.2) is 0 Å². The third kappa shape index (κ3) is 2.72. The molecule has 3 aliphatic rings. The topological polar surface area (TPSA) is 42.0 Å². The van der Waals surface area contributed by atoms with Gasteiger partial charge in [0, 0.05) is 39.0 Å². The molecule has 0 bridgehead atoms. The van der Waals surface area contributed by atoms with Crippen molar-refractivity contribution in [3.63, 3.8) is 0 Å². The van der Waals surface area contributed by atoms with E-state index in [1.54, 1.807) is 0 Å². The fourth-order valence-corrected chi connectivity index (χ4v) is 3.22. The molecule has 5 nitrogen and oxygen atoms in total. The maximum Gasteiger partial charge on any atom is 0.320 e. The lowest BCUT2D eigenvalue weighted by molar-refractivity contribution is -0.181. The maximum atomic E-state index is 12.4. The molecule has 0 aliphatic carbocycles. The average molecular weight is 268 g/mol. The minimum atomic E-state index is -0.382. The van der Waals surface area contributed by atoms with Crippen LogP contribution in [0.4, 0.5) is 4.79 Å². The van der Waals surface area contributed by atoms with Gasteiger partial charge < -0.3 is 19.3 Å². The number of amides is 2. The smallest absolute Gasteiger partial charge is 0.320 e. The first kappa shape index (κ1) is 13.2. The van der Waals surface area contributed by atoms with Crippen molar-refractivity contribution in [2.24, 2.45) is 5.92 Å². The summed E-state index contributed by atoms with van der Waals surface area (Å²) in [7, 11) is 0. The molecule has 3 aliphatic heterocycles. The number of urea groups is 1. The molecule has 3 rings (SSSR count). The highest BCUT2D eigenvalue weighted by Crippen LogP contribution is 2.31. The van der Waals surface area contributed by atoms with Gasteiger partial charge in [-0.25, -0.2) is 4.79 Å². The molecular formula is C14H24N2O3. The van der Waals surface area contributed by atoms with Gasteiger partial charge in [-0.3, -0.25) is 0 Å². The van der Waals surface area contributed by atoms with E-state index in [2.05, 4.69) is 6.92 Å². The number of hydrogen-bond acceptors (Lipinski definition) is 3. The second-order valence-electron chi connectivity index (χ2n) is 6.05. The normalized spacial score (nSPS) is 28.1. The lowest BCUT2D eigenvalue weighted by Crippen LogP contribution is -2.52. The zero-order valence-corrected chi connectivity index (χ0v) is 11.8. The van der Waals surface area contributed by atoms with Crippen LogP contribution in [0.3, 0.4) is 0 Å². The highest BCUT2D eigenvalue weighted by atomic mass is 16.7. The standard InChI is InChI=1S/C14H24N2O3/c1-12-2-6-15(7-3-12)13(17)16-8-4-14(5-9-16)18-10-11-19-14/h12H,2-11H2,1H3. The van der Waals surface area contributed by atoms with Crippen LogP contribution in [0.5, 0.6) is 0 Å². The zero-order chi connectivity index (χ0) is 13.3. The van der Waals surface area contributed by atoms with Gasteiger partial charge in [-0.2, -0.15) is 0 Å². The molecule has 19 heavy (non-hydrogen) atoms. The summed E-state index contributed by atoms with van der Waals surface area (Å²) < 4.78 is 11.4. The first-order chi connectivity index (χ1) is 9.19. The predicted octanol–water partition coefficient (Wildman–Crippen LogP) is 1.68. The molecule has 0 aromatic rings. The van der Waals surface area contributed by atoms with E-state index in [-0.39, 0.29) is 11.8 Å². The van der Waals surface area contributed by atoms with E-state index < -0.39 is 0 Å². The van der Waals surface area contributed by atoms with Gasteiger partial charge in [-0.15, -0.1) is 0 Å². The van der Waals surface area contributed by atoms with Gasteiger partial charge in [-0.1, -0.05) is 6.92 Å². The van der Waals surface area contributed by atoms with E-state index in [4.69, 9.17) is 9.47 Å². The monoisotopic (exact) mass is 268 g/mol. The lowest BCUT2D eigenvalue weighted by atomic mass is 9.99. The minimum Gasteiger partial charge on any atom is -0.347 e. The number of hydrogen-bond donors (Lipinski definition) is 0. The molecular weight excluding hydrogens is 244 g/mol. The average Bonchev–Trinajstić information content (AvgIpc) is 2.88. The van der Waals surface area contributed by atoms with Gasteiger partial charge in [0.1, 0.15) is 0 Å². The molecule has 2 amide bonds. The Morgan fingerprint density at radius 1 is 1.00 bits per heavy atom. The van der Waals surface area contributed by atoms with Gasteiger partial charge >= 0.3 is 6.03 Å². The lowest BCUT2D eigenvalue weighted by Gasteiger charge is -2.40. The molecule has 0 aromatic heterocycles. The molecule has 0 N–H and O–H groups in total. The van der Waals surface area contributed by atoms with E-state index in [9.17, 15) is 4.79 Å². The summed E-state index contributed by atoms with van der Waals surface area (Å²) in [4.78, 5) is 16.4. The first-order valence-electron chi connectivity index (χ1n) is 7.50. The Morgan fingerprint density at radius 3 is 2.11 bits per heavy atom. The van der Waals surface area contributed by atoms with Crippen molar-refractivity contribution in [1.82, 2.24) is 9.80 Å². The van der Waals surface area contributed by atoms with Crippen LogP contribution in [-0.4, -0.2) is 61.0 Å². The van der Waals surface area contributed by atoms with Crippen LogP contribution in [0.25, 0.3) is 0 Å². The van der Waals surface area contributed by atoms with Crippen LogP contribution >= 0.6 is 0 Å². The predicted molar refractivity (Wildman–Crippen MR) is 70.8 cm³/mol. The van der Waals surface area contributed by atoms with Crippen molar-refractivity contribution in [2.75, 3.05) is 39.4 Å². The van der Waals surface area contributed by atoms with E-state index >= 15 is 0 Å². The summed E-state index contributed by atoms with van der Waals surface area (Å²) >= 11 is 0. The third-order valence-corrected chi connectivity index (χ3v) is 4.66. The van der Waals surface area contributed by atoms with Gasteiger partial charge in [-0.05, 0) is 18.8 Å². The number of rotatable bonds is 0. The molecule has 3 fully saturated rings. The number of carbonyl (C=O) groups is 1. The van der Waals surface area contributed by atoms with Crippen LogP contribution in [0.2, 0.25) is 0 Å². The molecule has 0 aromatic carbocycles. The summed E-state index contributed by atoms with van der Waals surface area (Å²) in [6, 6.07) is 0.208. The Bertz CT molecular complexity index is 324. The second kappa shape index (κ2) is 5.29. The number of piperidine rings is 2. The fourth-order valence-electron chi connectivity index (χ4n) is 3.22. The van der Waals surface area contributed by atoms with Crippen LogP contribution < -0.4 is 0 Å². The van der Waals surface area contributed by atoms with Crippen molar-refractivity contribution in [1.29, 1.82) is 0 Å². The SMILES string of the molecule is CC1CCN(C(=O)N2CCC3(CC2)OCCO3)CC1. The summed E-state index contributed by atoms with van der Waals surface area (Å²) in [6.07, 6.45) is 3.89. The number of likely N-dealkylation sites (tertiary alicyclic amines) is 2.